The fourth-order valence-corrected chi connectivity index (χ4v) is 0.870. The van der Waals surface area contributed by atoms with E-state index < -0.39 is 6.04 Å². The van der Waals surface area contributed by atoms with Crippen molar-refractivity contribution in [1.29, 1.82) is 0 Å². The third-order valence-electron chi connectivity index (χ3n) is 2.18. The molecule has 2 N–H and O–H groups in total. The van der Waals surface area contributed by atoms with Gasteiger partial charge in [-0.1, -0.05) is 41.0 Å². The van der Waals surface area contributed by atoms with Gasteiger partial charge in [-0.25, -0.2) is 0 Å². The Hall–Kier alpha value is -0.570. The van der Waals surface area contributed by atoms with Crippen molar-refractivity contribution in [2.45, 2.75) is 47.1 Å². The van der Waals surface area contributed by atoms with Crippen molar-refractivity contribution < 1.29 is 9.53 Å². The first-order valence-corrected chi connectivity index (χ1v) is 5.20. The number of ether oxygens (including phenoxy) is 1. The summed E-state index contributed by atoms with van der Waals surface area (Å²) in [6, 6.07) is -0.484. The van der Waals surface area contributed by atoms with Crippen LogP contribution in [0.1, 0.15) is 41.0 Å². The highest BCUT2D eigenvalue weighted by Crippen LogP contribution is 2.14. The lowest BCUT2D eigenvalue weighted by molar-refractivity contribution is -0.149. The van der Waals surface area contributed by atoms with Gasteiger partial charge in [0.05, 0.1) is 6.61 Å². The van der Waals surface area contributed by atoms with E-state index in [4.69, 9.17) is 10.5 Å². The Kier molecular flexibility index (Phi) is 5.13. The van der Waals surface area contributed by atoms with Gasteiger partial charge in [-0.2, -0.15) is 0 Å². The summed E-state index contributed by atoms with van der Waals surface area (Å²) >= 11 is 0. The Bertz CT molecular complexity index is 184. The molecule has 0 fully saturated rings. The van der Waals surface area contributed by atoms with Gasteiger partial charge in [-0.15, -0.1) is 0 Å². The van der Waals surface area contributed by atoms with E-state index in [1.165, 1.54) is 0 Å². The molecule has 0 spiro atoms. The molecule has 0 aromatic rings. The average Bonchev–Trinajstić information content (AvgIpc) is 2.10. The van der Waals surface area contributed by atoms with Gasteiger partial charge in [0.15, 0.2) is 0 Å². The number of esters is 1. The first-order valence-electron chi connectivity index (χ1n) is 5.20. The van der Waals surface area contributed by atoms with E-state index in [0.717, 1.165) is 6.42 Å². The first kappa shape index (κ1) is 13.4. The smallest absolute Gasteiger partial charge is 0.323 e. The molecule has 0 aliphatic carbocycles. The monoisotopic (exact) mass is 201 g/mol. The molecule has 14 heavy (non-hydrogen) atoms. The molecule has 2 atom stereocenters. The summed E-state index contributed by atoms with van der Waals surface area (Å²) < 4.78 is 5.13. The Morgan fingerprint density at radius 1 is 1.43 bits per heavy atom. The Labute approximate surface area is 87.0 Å². The molecule has 0 heterocycles. The zero-order valence-electron chi connectivity index (χ0n) is 9.96. The molecule has 3 nitrogen and oxygen atoms in total. The summed E-state index contributed by atoms with van der Waals surface area (Å²) in [5.74, 6) is -0.100. The molecule has 0 saturated carbocycles. The number of hydrogen-bond acceptors (Lipinski definition) is 3. The van der Waals surface area contributed by atoms with Gasteiger partial charge in [0.25, 0.3) is 0 Å². The number of nitrogens with two attached hydrogens (primary N) is 1. The first-order chi connectivity index (χ1) is 6.28. The van der Waals surface area contributed by atoms with Crippen LogP contribution in [0.4, 0.5) is 0 Å². The second-order valence-corrected chi connectivity index (χ2v) is 5.08. The van der Waals surface area contributed by atoms with Crippen LogP contribution in [0.3, 0.4) is 0 Å². The van der Waals surface area contributed by atoms with E-state index >= 15 is 0 Å². The van der Waals surface area contributed by atoms with Crippen LogP contribution < -0.4 is 5.73 Å². The summed E-state index contributed by atoms with van der Waals surface area (Å²) in [6.07, 6.45) is 0.895. The van der Waals surface area contributed by atoms with Crippen molar-refractivity contribution in [2.75, 3.05) is 6.61 Å². The minimum atomic E-state index is -0.484. The lowest BCUT2D eigenvalue weighted by atomic mass is 9.98. The van der Waals surface area contributed by atoms with Crippen LogP contribution in [0.5, 0.6) is 0 Å². The van der Waals surface area contributed by atoms with Crippen LogP contribution in [0, 0.1) is 11.3 Å². The Morgan fingerprint density at radius 3 is 2.29 bits per heavy atom. The van der Waals surface area contributed by atoms with Gasteiger partial charge < -0.3 is 10.5 Å². The van der Waals surface area contributed by atoms with Crippen LogP contribution in [-0.2, 0) is 9.53 Å². The fourth-order valence-electron chi connectivity index (χ4n) is 0.870. The zero-order valence-corrected chi connectivity index (χ0v) is 9.96. The predicted octanol–water partition coefficient (Wildman–Crippen LogP) is 1.95. The molecule has 0 amide bonds. The second kappa shape index (κ2) is 5.35. The molecule has 0 saturated heterocycles. The quantitative estimate of drug-likeness (QED) is 0.707. The number of rotatable bonds is 4. The molecule has 0 aromatic carbocycles. The highest BCUT2D eigenvalue weighted by Gasteiger charge is 2.22. The molecule has 0 unspecified atom stereocenters. The van der Waals surface area contributed by atoms with Crippen LogP contribution in [0.15, 0.2) is 0 Å². The second-order valence-electron chi connectivity index (χ2n) is 5.08. The van der Waals surface area contributed by atoms with E-state index in [-0.39, 0.29) is 17.3 Å². The van der Waals surface area contributed by atoms with E-state index in [0.29, 0.717) is 6.61 Å². The molecule has 0 aliphatic rings. The SMILES string of the molecule is CC[C@@H](C)[C@H](N)C(=O)OCC(C)(C)C. The summed E-state index contributed by atoms with van der Waals surface area (Å²) in [6.45, 7) is 10.5. The summed E-state index contributed by atoms with van der Waals surface area (Å²) in [5.41, 5.74) is 5.73. The molecule has 3 heteroatoms. The minimum absolute atomic E-state index is 0.00479. The van der Waals surface area contributed by atoms with Crippen molar-refractivity contribution in [1.82, 2.24) is 0 Å². The fraction of sp³-hybridized carbons (Fsp3) is 0.909. The van der Waals surface area contributed by atoms with Gasteiger partial charge in [-0.3, -0.25) is 4.79 Å². The molecule has 0 radical (unpaired) electrons. The van der Waals surface area contributed by atoms with Gasteiger partial charge in [0, 0.05) is 0 Å². The topological polar surface area (TPSA) is 52.3 Å². The predicted molar refractivity (Wildman–Crippen MR) is 57.8 cm³/mol. The highest BCUT2D eigenvalue weighted by atomic mass is 16.5. The van der Waals surface area contributed by atoms with Crippen LogP contribution in [0.25, 0.3) is 0 Å². The lowest BCUT2D eigenvalue weighted by Gasteiger charge is -2.21. The van der Waals surface area contributed by atoms with Crippen molar-refractivity contribution >= 4 is 5.97 Å². The maximum absolute atomic E-state index is 11.4. The normalized spacial score (nSPS) is 16.1. The Balaban J connectivity index is 3.97. The lowest BCUT2D eigenvalue weighted by Crippen LogP contribution is -2.39. The van der Waals surface area contributed by atoms with Crippen molar-refractivity contribution in [3.63, 3.8) is 0 Å². The number of carbonyl (C=O) groups excluding carboxylic acids is 1. The summed E-state index contributed by atoms with van der Waals surface area (Å²) in [5, 5.41) is 0. The maximum atomic E-state index is 11.4. The largest absolute Gasteiger partial charge is 0.464 e. The minimum Gasteiger partial charge on any atom is -0.464 e. The average molecular weight is 201 g/mol. The molecule has 0 aliphatic heterocycles. The molecule has 0 rings (SSSR count). The van der Waals surface area contributed by atoms with Gasteiger partial charge in [0.1, 0.15) is 6.04 Å². The molecule has 84 valence electrons. The van der Waals surface area contributed by atoms with Gasteiger partial charge >= 0.3 is 5.97 Å². The number of carbonyl (C=O) groups is 1. The van der Waals surface area contributed by atoms with E-state index in [1.807, 2.05) is 34.6 Å². The van der Waals surface area contributed by atoms with E-state index in [9.17, 15) is 4.79 Å². The van der Waals surface area contributed by atoms with Crippen LogP contribution >= 0.6 is 0 Å². The van der Waals surface area contributed by atoms with Crippen LogP contribution in [-0.4, -0.2) is 18.6 Å². The molecule has 0 aromatic heterocycles. The van der Waals surface area contributed by atoms with Crippen molar-refractivity contribution in [3.8, 4) is 0 Å². The zero-order chi connectivity index (χ0) is 11.4. The van der Waals surface area contributed by atoms with Gasteiger partial charge in [0.2, 0.25) is 0 Å². The van der Waals surface area contributed by atoms with E-state index in [2.05, 4.69) is 0 Å². The van der Waals surface area contributed by atoms with Crippen LogP contribution in [0.2, 0.25) is 0 Å². The molecular formula is C11H23NO2. The molecule has 0 bridgehead atoms. The third kappa shape index (κ3) is 5.22. The molecular weight excluding hydrogens is 178 g/mol. The summed E-state index contributed by atoms with van der Waals surface area (Å²) in [4.78, 5) is 11.4. The van der Waals surface area contributed by atoms with Crippen molar-refractivity contribution in [2.24, 2.45) is 17.1 Å². The maximum Gasteiger partial charge on any atom is 0.323 e. The van der Waals surface area contributed by atoms with E-state index in [1.54, 1.807) is 0 Å². The standard InChI is InChI=1S/C11H23NO2/c1-6-8(2)9(12)10(13)14-7-11(3,4)5/h8-9H,6-7,12H2,1-5H3/t8-,9+/m1/s1. The number of hydrogen-bond donors (Lipinski definition) is 1. The van der Waals surface area contributed by atoms with Gasteiger partial charge in [-0.05, 0) is 11.3 Å². The summed E-state index contributed by atoms with van der Waals surface area (Å²) in [7, 11) is 0. The third-order valence-corrected chi connectivity index (χ3v) is 2.18. The highest BCUT2D eigenvalue weighted by molar-refractivity contribution is 5.75. The van der Waals surface area contributed by atoms with Crippen molar-refractivity contribution in [3.05, 3.63) is 0 Å². The Morgan fingerprint density at radius 2 is 1.93 bits per heavy atom.